The second kappa shape index (κ2) is 9.32. The largest absolute Gasteiger partial charge is 0.480 e. The van der Waals surface area contributed by atoms with Crippen molar-refractivity contribution < 1.29 is 23.1 Å². The SMILES string of the molecule is CCCC(NC(=O)c1cccc(S(=O)(=O)N(C)C2CCCCC2)c1)C(=O)O. The van der Waals surface area contributed by atoms with E-state index in [1.807, 2.05) is 6.92 Å². The first-order valence-corrected chi connectivity index (χ1v) is 10.8. The van der Waals surface area contributed by atoms with Gasteiger partial charge in [0.2, 0.25) is 10.0 Å². The van der Waals surface area contributed by atoms with Gasteiger partial charge < -0.3 is 10.4 Å². The molecule has 0 radical (unpaired) electrons. The van der Waals surface area contributed by atoms with Crippen molar-refractivity contribution in [2.24, 2.45) is 0 Å². The maximum absolute atomic E-state index is 12.9. The molecule has 1 fully saturated rings. The number of carboxylic acid groups (broad SMARTS) is 1. The molecule has 7 nitrogen and oxygen atoms in total. The third-order valence-corrected chi connectivity index (χ3v) is 6.95. The van der Waals surface area contributed by atoms with Crippen LogP contribution >= 0.6 is 0 Å². The summed E-state index contributed by atoms with van der Waals surface area (Å²) < 4.78 is 27.3. The lowest BCUT2D eigenvalue weighted by Gasteiger charge is -2.30. The molecule has 0 bridgehead atoms. The molecule has 150 valence electrons. The molecular weight excluding hydrogens is 368 g/mol. The van der Waals surface area contributed by atoms with Crippen LogP contribution in [0.3, 0.4) is 0 Å². The van der Waals surface area contributed by atoms with Crippen molar-refractivity contribution in [2.75, 3.05) is 7.05 Å². The van der Waals surface area contributed by atoms with Crippen LogP contribution in [-0.2, 0) is 14.8 Å². The summed E-state index contributed by atoms with van der Waals surface area (Å²) in [5.74, 6) is -1.70. The van der Waals surface area contributed by atoms with E-state index in [1.165, 1.54) is 28.6 Å². The predicted molar refractivity (Wildman–Crippen MR) is 102 cm³/mol. The number of nitrogens with zero attached hydrogens (tertiary/aromatic N) is 1. The molecule has 1 aromatic carbocycles. The Bertz CT molecular complexity index is 772. The van der Waals surface area contributed by atoms with Gasteiger partial charge in [0.1, 0.15) is 6.04 Å². The zero-order chi connectivity index (χ0) is 20.0. The summed E-state index contributed by atoms with van der Waals surface area (Å²) in [6.07, 6.45) is 5.76. The first-order valence-electron chi connectivity index (χ1n) is 9.39. The minimum Gasteiger partial charge on any atom is -0.480 e. The number of carbonyl (C=O) groups excluding carboxylic acids is 1. The number of carbonyl (C=O) groups is 2. The molecule has 2 N–H and O–H groups in total. The van der Waals surface area contributed by atoms with Gasteiger partial charge in [0.25, 0.3) is 5.91 Å². The van der Waals surface area contributed by atoms with Gasteiger partial charge in [-0.15, -0.1) is 0 Å². The zero-order valence-corrected chi connectivity index (χ0v) is 16.7. The van der Waals surface area contributed by atoms with E-state index in [9.17, 15) is 23.1 Å². The Hall–Kier alpha value is -1.93. The number of hydrogen-bond acceptors (Lipinski definition) is 4. The van der Waals surface area contributed by atoms with Crippen molar-refractivity contribution in [1.29, 1.82) is 0 Å². The number of amides is 1. The molecule has 1 aliphatic rings. The van der Waals surface area contributed by atoms with Gasteiger partial charge in [-0.2, -0.15) is 4.31 Å². The maximum atomic E-state index is 12.9. The van der Waals surface area contributed by atoms with Gasteiger partial charge in [-0.25, -0.2) is 13.2 Å². The minimum atomic E-state index is -3.71. The molecule has 1 aliphatic carbocycles. The Balaban J connectivity index is 2.20. The van der Waals surface area contributed by atoms with E-state index in [4.69, 9.17) is 0 Å². The Kier molecular flexibility index (Phi) is 7.38. The number of carboxylic acids is 1. The molecule has 0 spiro atoms. The molecule has 1 aromatic rings. The summed E-state index contributed by atoms with van der Waals surface area (Å²) in [7, 11) is -2.13. The highest BCUT2D eigenvalue weighted by atomic mass is 32.2. The Morgan fingerprint density at radius 3 is 2.52 bits per heavy atom. The van der Waals surface area contributed by atoms with E-state index in [0.29, 0.717) is 12.8 Å². The number of nitrogens with one attached hydrogen (secondary N) is 1. The van der Waals surface area contributed by atoms with Crippen LogP contribution in [0, 0.1) is 0 Å². The fraction of sp³-hybridized carbons (Fsp3) is 0.579. The minimum absolute atomic E-state index is 0.0258. The highest BCUT2D eigenvalue weighted by Gasteiger charge is 2.29. The molecule has 1 saturated carbocycles. The van der Waals surface area contributed by atoms with Gasteiger partial charge in [-0.3, -0.25) is 4.79 Å². The van der Waals surface area contributed by atoms with E-state index < -0.39 is 27.9 Å². The summed E-state index contributed by atoms with van der Waals surface area (Å²) in [6.45, 7) is 1.83. The topological polar surface area (TPSA) is 104 Å². The van der Waals surface area contributed by atoms with Gasteiger partial charge in [0.15, 0.2) is 0 Å². The molecule has 0 saturated heterocycles. The normalized spacial score (nSPS) is 16.9. The number of sulfonamides is 1. The number of hydrogen-bond donors (Lipinski definition) is 2. The lowest BCUT2D eigenvalue weighted by molar-refractivity contribution is -0.139. The smallest absolute Gasteiger partial charge is 0.326 e. The standard InChI is InChI=1S/C19H28N2O5S/c1-3-8-17(19(23)24)20-18(22)14-9-7-12-16(13-14)27(25,26)21(2)15-10-5-4-6-11-15/h7,9,12-13,15,17H,3-6,8,10-11H2,1-2H3,(H,20,22)(H,23,24). The quantitative estimate of drug-likeness (QED) is 0.703. The van der Waals surface area contributed by atoms with E-state index in [1.54, 1.807) is 7.05 Å². The fourth-order valence-corrected chi connectivity index (χ4v) is 4.85. The molecule has 1 atom stereocenters. The van der Waals surface area contributed by atoms with Crippen molar-refractivity contribution in [1.82, 2.24) is 9.62 Å². The van der Waals surface area contributed by atoms with Crippen molar-refractivity contribution in [3.8, 4) is 0 Å². The van der Waals surface area contributed by atoms with Gasteiger partial charge >= 0.3 is 5.97 Å². The first-order chi connectivity index (χ1) is 12.8. The third-order valence-electron chi connectivity index (χ3n) is 5.04. The van der Waals surface area contributed by atoms with Crippen LogP contribution in [0.1, 0.15) is 62.2 Å². The molecule has 27 heavy (non-hydrogen) atoms. The molecule has 0 aliphatic heterocycles. The van der Waals surface area contributed by atoms with E-state index in [2.05, 4.69) is 5.32 Å². The lowest BCUT2D eigenvalue weighted by Crippen LogP contribution is -2.41. The number of aliphatic carboxylic acids is 1. The van der Waals surface area contributed by atoms with E-state index >= 15 is 0 Å². The Morgan fingerprint density at radius 2 is 1.93 bits per heavy atom. The Morgan fingerprint density at radius 1 is 1.26 bits per heavy atom. The van der Waals surface area contributed by atoms with E-state index in [0.717, 1.165) is 32.1 Å². The molecule has 0 aromatic heterocycles. The summed E-state index contributed by atoms with van der Waals surface area (Å²) in [6, 6.07) is 4.75. The molecule has 8 heteroatoms. The first kappa shape index (κ1) is 21.4. The third kappa shape index (κ3) is 5.29. The summed E-state index contributed by atoms with van der Waals surface area (Å²) in [5, 5.41) is 11.6. The van der Waals surface area contributed by atoms with Crippen LogP contribution in [0.15, 0.2) is 29.2 Å². The molecular formula is C19H28N2O5S. The average molecular weight is 397 g/mol. The second-order valence-electron chi connectivity index (χ2n) is 6.99. The second-order valence-corrected chi connectivity index (χ2v) is 8.99. The predicted octanol–water partition coefficient (Wildman–Crippen LogP) is 2.62. The van der Waals surface area contributed by atoms with Crippen molar-refractivity contribution in [2.45, 2.75) is 68.8 Å². The van der Waals surface area contributed by atoms with Gasteiger partial charge in [-0.1, -0.05) is 38.7 Å². The molecule has 0 heterocycles. The van der Waals surface area contributed by atoms with Crippen LogP contribution < -0.4 is 5.32 Å². The summed E-state index contributed by atoms with van der Waals surface area (Å²) >= 11 is 0. The van der Waals surface area contributed by atoms with E-state index in [-0.39, 0.29) is 16.5 Å². The maximum Gasteiger partial charge on any atom is 0.326 e. The average Bonchev–Trinajstić information content (AvgIpc) is 2.67. The molecule has 1 amide bonds. The van der Waals surface area contributed by atoms with Crippen LogP contribution in [0.5, 0.6) is 0 Å². The van der Waals surface area contributed by atoms with Crippen molar-refractivity contribution >= 4 is 21.9 Å². The zero-order valence-electron chi connectivity index (χ0n) is 15.8. The number of benzene rings is 1. The highest BCUT2D eigenvalue weighted by Crippen LogP contribution is 2.26. The summed E-state index contributed by atoms with van der Waals surface area (Å²) in [4.78, 5) is 23.7. The van der Waals surface area contributed by atoms with Gasteiger partial charge in [0.05, 0.1) is 4.90 Å². The van der Waals surface area contributed by atoms with Gasteiger partial charge in [-0.05, 0) is 37.5 Å². The summed E-state index contributed by atoms with van der Waals surface area (Å²) in [5.41, 5.74) is 0.135. The van der Waals surface area contributed by atoms with Crippen LogP contribution in [0.25, 0.3) is 0 Å². The Labute approximate surface area is 160 Å². The molecule has 1 unspecified atom stereocenters. The van der Waals surface area contributed by atoms with Crippen LogP contribution in [0.4, 0.5) is 0 Å². The van der Waals surface area contributed by atoms with Crippen LogP contribution in [-0.4, -0.2) is 48.8 Å². The van der Waals surface area contributed by atoms with Gasteiger partial charge in [0, 0.05) is 18.7 Å². The monoisotopic (exact) mass is 396 g/mol. The van der Waals surface area contributed by atoms with Crippen molar-refractivity contribution in [3.05, 3.63) is 29.8 Å². The fourth-order valence-electron chi connectivity index (χ4n) is 3.39. The molecule has 2 rings (SSSR count). The number of rotatable bonds is 8. The van der Waals surface area contributed by atoms with Crippen molar-refractivity contribution in [3.63, 3.8) is 0 Å². The van der Waals surface area contributed by atoms with Crippen LogP contribution in [0.2, 0.25) is 0 Å². The lowest BCUT2D eigenvalue weighted by atomic mass is 9.96. The highest BCUT2D eigenvalue weighted by molar-refractivity contribution is 7.89.